The number of halogens is 1. The van der Waals surface area contributed by atoms with Gasteiger partial charge in [-0.25, -0.2) is 22.3 Å². The summed E-state index contributed by atoms with van der Waals surface area (Å²) in [6.07, 6.45) is 1.41. The number of carbonyl (C=O) groups excluding carboxylic acids is 1. The minimum atomic E-state index is -3.46. The van der Waals surface area contributed by atoms with Gasteiger partial charge in [-0.05, 0) is 51.5 Å². The number of nitrogens with one attached hydrogen (secondary N) is 1. The molecule has 1 saturated heterocycles. The van der Waals surface area contributed by atoms with E-state index in [0.717, 1.165) is 6.26 Å². The number of carbonyl (C=O) groups is 1. The Morgan fingerprint density at radius 3 is 2.61 bits per heavy atom. The molecule has 1 aromatic heterocycles. The Bertz CT molecular complexity index is 1050. The first-order valence-corrected chi connectivity index (χ1v) is 12.0. The van der Waals surface area contributed by atoms with Gasteiger partial charge in [-0.1, -0.05) is 18.2 Å². The van der Waals surface area contributed by atoms with Gasteiger partial charge in [0.1, 0.15) is 11.4 Å². The summed E-state index contributed by atoms with van der Waals surface area (Å²) in [6.45, 7) is 5.72. The van der Waals surface area contributed by atoms with E-state index in [2.05, 4.69) is 9.71 Å². The average Bonchev–Trinajstić information content (AvgIpc) is 3.01. The van der Waals surface area contributed by atoms with Crippen LogP contribution in [-0.4, -0.2) is 54.9 Å². The van der Waals surface area contributed by atoms with Crippen LogP contribution in [0.3, 0.4) is 0 Å². The van der Waals surface area contributed by atoms with Gasteiger partial charge < -0.3 is 9.64 Å². The minimum Gasteiger partial charge on any atom is -0.444 e. The molecule has 2 aromatic rings. The van der Waals surface area contributed by atoms with E-state index in [1.165, 1.54) is 12.1 Å². The maximum absolute atomic E-state index is 13.6. The highest BCUT2D eigenvalue weighted by molar-refractivity contribution is 7.88. The summed E-state index contributed by atoms with van der Waals surface area (Å²) in [4.78, 5) is 18.9. The standard InChI is InChI=1S/C22H28FN3O4S/c1-22(2,3)30-21(27)26-12-11-19(25-31(4,28)29)20(26)14-17-9-6-10-18(24-17)15-7-5-8-16(23)13-15/h5-10,13,19-20,25H,11-12,14H2,1-4H3/t19-,20-/m1/s1. The van der Waals surface area contributed by atoms with E-state index in [0.29, 0.717) is 36.3 Å². The zero-order valence-corrected chi connectivity index (χ0v) is 18.9. The van der Waals surface area contributed by atoms with Crippen LogP contribution < -0.4 is 4.72 Å². The summed E-state index contributed by atoms with van der Waals surface area (Å²) < 4.78 is 45.5. The number of nitrogens with zero attached hydrogens (tertiary/aromatic N) is 2. The van der Waals surface area contributed by atoms with Gasteiger partial charge in [-0.15, -0.1) is 0 Å². The molecule has 3 rings (SSSR count). The third-order valence-corrected chi connectivity index (χ3v) is 5.62. The van der Waals surface area contributed by atoms with Gasteiger partial charge in [-0.2, -0.15) is 0 Å². The van der Waals surface area contributed by atoms with Gasteiger partial charge in [0.2, 0.25) is 10.0 Å². The quantitative estimate of drug-likeness (QED) is 0.756. The molecule has 31 heavy (non-hydrogen) atoms. The van der Waals surface area contributed by atoms with Gasteiger partial charge in [0, 0.05) is 30.3 Å². The van der Waals surface area contributed by atoms with Crippen molar-refractivity contribution in [2.75, 3.05) is 12.8 Å². The lowest BCUT2D eigenvalue weighted by Crippen LogP contribution is -2.48. The van der Waals surface area contributed by atoms with Crippen molar-refractivity contribution in [1.29, 1.82) is 0 Å². The average molecular weight is 450 g/mol. The number of likely N-dealkylation sites (tertiary alicyclic amines) is 1. The molecule has 2 heterocycles. The van der Waals surface area contributed by atoms with E-state index in [1.54, 1.807) is 43.9 Å². The summed E-state index contributed by atoms with van der Waals surface area (Å²) in [5, 5.41) is 0. The van der Waals surface area contributed by atoms with Gasteiger partial charge in [-0.3, -0.25) is 4.98 Å². The first-order valence-electron chi connectivity index (χ1n) is 10.1. The fraction of sp³-hybridized carbons (Fsp3) is 0.455. The van der Waals surface area contributed by atoms with Crippen molar-refractivity contribution in [2.45, 2.75) is 51.3 Å². The SMILES string of the molecule is CC(C)(C)OC(=O)N1CC[C@@H](NS(C)(=O)=O)[C@H]1Cc1cccc(-c2cccc(F)c2)n1. The molecule has 1 aliphatic rings. The van der Waals surface area contributed by atoms with Gasteiger partial charge >= 0.3 is 6.09 Å². The lowest BCUT2D eigenvalue weighted by Gasteiger charge is -2.30. The van der Waals surface area contributed by atoms with Gasteiger partial charge in [0.25, 0.3) is 0 Å². The summed E-state index contributed by atoms with van der Waals surface area (Å²) in [6, 6.07) is 10.7. The molecule has 0 aliphatic carbocycles. The molecule has 0 unspecified atom stereocenters. The summed E-state index contributed by atoms with van der Waals surface area (Å²) in [5.74, 6) is -0.353. The Hall–Kier alpha value is -2.52. The molecule has 0 radical (unpaired) electrons. The van der Waals surface area contributed by atoms with Crippen molar-refractivity contribution in [3.63, 3.8) is 0 Å². The number of amides is 1. The molecule has 1 aromatic carbocycles. The second kappa shape index (κ2) is 8.92. The highest BCUT2D eigenvalue weighted by Gasteiger charge is 2.40. The van der Waals surface area contributed by atoms with E-state index >= 15 is 0 Å². The molecule has 0 saturated carbocycles. The second-order valence-corrected chi connectivity index (χ2v) is 10.5. The van der Waals surface area contributed by atoms with Crippen molar-refractivity contribution < 1.29 is 22.3 Å². The van der Waals surface area contributed by atoms with Gasteiger partial charge in [0.05, 0.1) is 18.0 Å². The van der Waals surface area contributed by atoms with Crippen LogP contribution in [0, 0.1) is 5.82 Å². The van der Waals surface area contributed by atoms with E-state index in [-0.39, 0.29) is 5.82 Å². The molecule has 0 spiro atoms. The maximum atomic E-state index is 13.6. The fourth-order valence-corrected chi connectivity index (χ4v) is 4.51. The number of sulfonamides is 1. The van der Waals surface area contributed by atoms with Crippen LogP contribution in [-0.2, 0) is 21.2 Å². The topological polar surface area (TPSA) is 88.6 Å². The number of benzene rings is 1. The van der Waals surface area contributed by atoms with Crippen LogP contribution in [0.4, 0.5) is 9.18 Å². The molecule has 1 amide bonds. The lowest BCUT2D eigenvalue weighted by molar-refractivity contribution is 0.0218. The van der Waals surface area contributed by atoms with E-state index < -0.39 is 33.8 Å². The van der Waals surface area contributed by atoms with E-state index in [9.17, 15) is 17.6 Å². The van der Waals surface area contributed by atoms with Crippen LogP contribution >= 0.6 is 0 Å². The summed E-state index contributed by atoms with van der Waals surface area (Å²) in [7, 11) is -3.46. The zero-order valence-electron chi connectivity index (χ0n) is 18.1. The third-order valence-electron chi connectivity index (χ3n) is 4.88. The Morgan fingerprint density at radius 2 is 1.97 bits per heavy atom. The first-order chi connectivity index (χ1) is 14.4. The number of hydrogen-bond donors (Lipinski definition) is 1. The van der Waals surface area contributed by atoms with Crippen molar-refractivity contribution in [1.82, 2.24) is 14.6 Å². The lowest BCUT2D eigenvalue weighted by atomic mass is 10.0. The highest BCUT2D eigenvalue weighted by Crippen LogP contribution is 2.26. The molecule has 9 heteroatoms. The fourth-order valence-electron chi connectivity index (χ4n) is 3.68. The van der Waals surface area contributed by atoms with Crippen molar-refractivity contribution >= 4 is 16.1 Å². The monoisotopic (exact) mass is 449 g/mol. The molecule has 7 nitrogen and oxygen atoms in total. The minimum absolute atomic E-state index is 0.329. The third kappa shape index (κ3) is 6.48. The molecule has 0 bridgehead atoms. The van der Waals surface area contributed by atoms with Crippen LogP contribution in [0.2, 0.25) is 0 Å². The Morgan fingerprint density at radius 1 is 1.26 bits per heavy atom. The van der Waals surface area contributed by atoms with Crippen LogP contribution in [0.5, 0.6) is 0 Å². The summed E-state index contributed by atoms with van der Waals surface area (Å²) in [5.41, 5.74) is 1.25. The van der Waals surface area contributed by atoms with E-state index in [1.807, 2.05) is 12.1 Å². The predicted molar refractivity (Wildman–Crippen MR) is 116 cm³/mol. The second-order valence-electron chi connectivity index (χ2n) is 8.75. The maximum Gasteiger partial charge on any atom is 0.410 e. The first kappa shape index (κ1) is 23.1. The molecule has 1 fully saturated rings. The normalized spacial score (nSPS) is 19.5. The van der Waals surface area contributed by atoms with Crippen molar-refractivity contribution in [3.8, 4) is 11.3 Å². The smallest absolute Gasteiger partial charge is 0.410 e. The Kier molecular flexibility index (Phi) is 6.66. The Balaban J connectivity index is 1.88. The number of hydrogen-bond acceptors (Lipinski definition) is 5. The van der Waals surface area contributed by atoms with Gasteiger partial charge in [0.15, 0.2) is 0 Å². The largest absolute Gasteiger partial charge is 0.444 e. The highest BCUT2D eigenvalue weighted by atomic mass is 32.2. The number of aromatic nitrogens is 1. The Labute approximate surface area is 182 Å². The predicted octanol–water partition coefficient (Wildman–Crippen LogP) is 3.36. The van der Waals surface area contributed by atoms with Crippen molar-refractivity contribution in [3.05, 3.63) is 54.0 Å². The molecule has 2 atom stereocenters. The number of ether oxygens (including phenoxy) is 1. The van der Waals surface area contributed by atoms with Crippen LogP contribution in [0.25, 0.3) is 11.3 Å². The molecule has 168 valence electrons. The van der Waals surface area contributed by atoms with Crippen LogP contribution in [0.1, 0.15) is 32.9 Å². The molecular formula is C22H28FN3O4S. The zero-order chi connectivity index (χ0) is 22.8. The molecule has 1 N–H and O–H groups in total. The number of rotatable bonds is 5. The summed E-state index contributed by atoms with van der Waals surface area (Å²) >= 11 is 0. The molecular weight excluding hydrogens is 421 g/mol. The molecule has 1 aliphatic heterocycles. The van der Waals surface area contributed by atoms with Crippen molar-refractivity contribution in [2.24, 2.45) is 0 Å². The number of pyridine rings is 1. The van der Waals surface area contributed by atoms with Crippen LogP contribution in [0.15, 0.2) is 42.5 Å². The van der Waals surface area contributed by atoms with E-state index in [4.69, 9.17) is 4.74 Å².